The molecule has 1 saturated heterocycles. The summed E-state index contributed by atoms with van der Waals surface area (Å²) in [6.07, 6.45) is 3.58. The normalized spacial score (nSPS) is 16.0. The molecule has 7 nitrogen and oxygen atoms in total. The van der Waals surface area contributed by atoms with Gasteiger partial charge in [0.05, 0.1) is 11.9 Å². The van der Waals surface area contributed by atoms with E-state index < -0.39 is 0 Å². The molecule has 0 radical (unpaired) electrons. The Balaban J connectivity index is 0.00000242. The van der Waals surface area contributed by atoms with Gasteiger partial charge in [-0.1, -0.05) is 13.8 Å². The molecular weight excluding hydrogens is 395 g/mol. The predicted octanol–water partition coefficient (Wildman–Crippen LogP) is 0.918. The number of nitrogens with one attached hydrogen (secondary N) is 1. The van der Waals surface area contributed by atoms with Gasteiger partial charge in [-0.25, -0.2) is 0 Å². The van der Waals surface area contributed by atoms with E-state index in [2.05, 4.69) is 29.3 Å². The molecule has 22 heavy (non-hydrogen) atoms. The number of nitrogens with zero attached hydrogens (tertiary/aromatic N) is 5. The van der Waals surface area contributed by atoms with Crippen LogP contribution in [0.5, 0.6) is 0 Å². The van der Waals surface area contributed by atoms with Crippen LogP contribution in [0.3, 0.4) is 0 Å². The second kappa shape index (κ2) is 8.35. The van der Waals surface area contributed by atoms with Crippen LogP contribution >= 0.6 is 24.0 Å². The molecule has 1 aliphatic heterocycles. The molecule has 0 unspecified atom stereocenters. The monoisotopic (exact) mass is 420 g/mol. The Bertz CT molecular complexity index is 527. The Morgan fingerprint density at radius 2 is 2.18 bits per heavy atom. The number of rotatable bonds is 3. The molecule has 1 aromatic heterocycles. The molecule has 0 bridgehead atoms. The highest BCUT2D eigenvalue weighted by atomic mass is 127. The Morgan fingerprint density at radius 1 is 1.45 bits per heavy atom. The number of aryl methyl sites for hydroxylation is 1. The first kappa shape index (κ1) is 18.7. The fourth-order valence-corrected chi connectivity index (χ4v) is 2.30. The molecule has 0 aromatic carbocycles. The van der Waals surface area contributed by atoms with Crippen LogP contribution in [0.15, 0.2) is 17.4 Å². The summed E-state index contributed by atoms with van der Waals surface area (Å²) in [7, 11) is 3.60. The van der Waals surface area contributed by atoms with E-state index in [1.165, 1.54) is 0 Å². The van der Waals surface area contributed by atoms with Gasteiger partial charge in [0, 0.05) is 39.9 Å². The van der Waals surface area contributed by atoms with E-state index in [9.17, 15) is 4.79 Å². The van der Waals surface area contributed by atoms with Crippen molar-refractivity contribution in [1.29, 1.82) is 0 Å². The first-order chi connectivity index (χ1) is 10.0. The van der Waals surface area contributed by atoms with E-state index in [1.54, 1.807) is 22.8 Å². The number of carbonyl (C=O) groups is 1. The van der Waals surface area contributed by atoms with Gasteiger partial charge < -0.3 is 15.1 Å². The summed E-state index contributed by atoms with van der Waals surface area (Å²) < 4.78 is 1.71. The molecule has 124 valence electrons. The third-order valence-electron chi connectivity index (χ3n) is 3.40. The minimum absolute atomic E-state index is 0. The highest BCUT2D eigenvalue weighted by Gasteiger charge is 2.27. The summed E-state index contributed by atoms with van der Waals surface area (Å²) in [4.78, 5) is 20.4. The number of hydrogen-bond acceptors (Lipinski definition) is 3. The number of guanidine groups is 1. The zero-order chi connectivity index (χ0) is 15.4. The number of aromatic nitrogens is 2. The van der Waals surface area contributed by atoms with Gasteiger partial charge in [-0.2, -0.15) is 5.10 Å². The van der Waals surface area contributed by atoms with Crippen molar-refractivity contribution in [3.63, 3.8) is 0 Å². The van der Waals surface area contributed by atoms with Crippen molar-refractivity contribution in [2.24, 2.45) is 18.0 Å². The van der Waals surface area contributed by atoms with E-state index in [-0.39, 0.29) is 29.9 Å². The Morgan fingerprint density at radius 3 is 2.68 bits per heavy atom. The molecule has 1 N–H and O–H groups in total. The van der Waals surface area contributed by atoms with Crippen molar-refractivity contribution in [2.75, 3.05) is 38.1 Å². The standard InChI is InChI=1S/C14H24N6O.HI/c1-11(2)7-16-14(15-3)19-5-6-20(13(21)10-19)12-8-17-18(4)9-12;/h8-9,11H,5-7,10H2,1-4H3,(H,15,16);1H. The lowest BCUT2D eigenvalue weighted by Gasteiger charge is -2.35. The maximum atomic E-state index is 12.3. The Hall–Kier alpha value is -1.32. The average molecular weight is 420 g/mol. The van der Waals surface area contributed by atoms with Gasteiger partial charge in [0.1, 0.15) is 6.54 Å². The van der Waals surface area contributed by atoms with E-state index >= 15 is 0 Å². The van der Waals surface area contributed by atoms with Gasteiger partial charge in [-0.15, -0.1) is 24.0 Å². The number of hydrogen-bond donors (Lipinski definition) is 1. The molecule has 0 saturated carbocycles. The van der Waals surface area contributed by atoms with Crippen LogP contribution in [0.25, 0.3) is 0 Å². The maximum absolute atomic E-state index is 12.3. The van der Waals surface area contributed by atoms with Crippen molar-refractivity contribution in [2.45, 2.75) is 13.8 Å². The largest absolute Gasteiger partial charge is 0.356 e. The molecule has 0 atom stereocenters. The van der Waals surface area contributed by atoms with Crippen LogP contribution in [0.4, 0.5) is 5.69 Å². The van der Waals surface area contributed by atoms with E-state index in [0.717, 1.165) is 24.7 Å². The molecule has 2 rings (SSSR count). The summed E-state index contributed by atoms with van der Waals surface area (Å²) in [5, 5.41) is 7.43. The summed E-state index contributed by atoms with van der Waals surface area (Å²) in [5.74, 6) is 1.40. The van der Waals surface area contributed by atoms with Gasteiger partial charge >= 0.3 is 0 Å². The smallest absolute Gasteiger partial charge is 0.246 e. The Kier molecular flexibility index (Phi) is 7.11. The fourth-order valence-electron chi connectivity index (χ4n) is 2.30. The van der Waals surface area contributed by atoms with Gasteiger partial charge in [0.25, 0.3) is 0 Å². The second-order valence-corrected chi connectivity index (χ2v) is 5.66. The van der Waals surface area contributed by atoms with Gasteiger partial charge in [-0.3, -0.25) is 14.5 Å². The SMILES string of the molecule is CN=C(NCC(C)C)N1CCN(c2cnn(C)c2)C(=O)C1.I. The van der Waals surface area contributed by atoms with Crippen molar-refractivity contribution in [1.82, 2.24) is 20.0 Å². The lowest BCUT2D eigenvalue weighted by Crippen LogP contribution is -2.55. The molecule has 2 heterocycles. The zero-order valence-corrected chi connectivity index (χ0v) is 15.9. The van der Waals surface area contributed by atoms with E-state index in [1.807, 2.05) is 18.1 Å². The Labute approximate surface area is 148 Å². The number of amides is 1. The highest BCUT2D eigenvalue weighted by Crippen LogP contribution is 2.15. The molecule has 1 aromatic rings. The van der Waals surface area contributed by atoms with E-state index in [0.29, 0.717) is 19.0 Å². The number of carbonyl (C=O) groups excluding carboxylic acids is 1. The van der Waals surface area contributed by atoms with Crippen molar-refractivity contribution < 1.29 is 4.79 Å². The second-order valence-electron chi connectivity index (χ2n) is 5.66. The number of piperazine rings is 1. The third kappa shape index (κ3) is 4.59. The molecule has 0 aliphatic carbocycles. The minimum Gasteiger partial charge on any atom is -0.356 e. The van der Waals surface area contributed by atoms with Gasteiger partial charge in [-0.05, 0) is 5.92 Å². The molecule has 8 heteroatoms. The minimum atomic E-state index is 0. The predicted molar refractivity (Wildman–Crippen MR) is 98.7 cm³/mol. The van der Waals surface area contributed by atoms with Crippen LogP contribution in [-0.4, -0.2) is 59.8 Å². The van der Waals surface area contributed by atoms with Crippen molar-refractivity contribution >= 4 is 41.5 Å². The van der Waals surface area contributed by atoms with Crippen LogP contribution in [0, 0.1) is 5.92 Å². The zero-order valence-electron chi connectivity index (χ0n) is 13.6. The van der Waals surface area contributed by atoms with E-state index in [4.69, 9.17) is 0 Å². The first-order valence-corrected chi connectivity index (χ1v) is 7.26. The van der Waals surface area contributed by atoms with Gasteiger partial charge in [0.15, 0.2) is 5.96 Å². The molecule has 1 fully saturated rings. The summed E-state index contributed by atoms with van der Waals surface area (Å²) in [6.45, 7) is 6.89. The first-order valence-electron chi connectivity index (χ1n) is 7.26. The van der Waals surface area contributed by atoms with Crippen molar-refractivity contribution in [3.05, 3.63) is 12.4 Å². The molecule has 0 spiro atoms. The summed E-state index contributed by atoms with van der Waals surface area (Å²) in [5.41, 5.74) is 0.854. The maximum Gasteiger partial charge on any atom is 0.246 e. The number of halogens is 1. The molecule has 1 aliphatic rings. The highest BCUT2D eigenvalue weighted by molar-refractivity contribution is 14.0. The van der Waals surface area contributed by atoms with Crippen molar-refractivity contribution in [3.8, 4) is 0 Å². The molecular formula is C14H25IN6O. The quantitative estimate of drug-likeness (QED) is 0.449. The van der Waals surface area contributed by atoms with Gasteiger partial charge in [0.2, 0.25) is 5.91 Å². The topological polar surface area (TPSA) is 65.8 Å². The van der Waals surface area contributed by atoms with Crippen LogP contribution in [0.1, 0.15) is 13.8 Å². The number of aliphatic imine (C=N–C) groups is 1. The third-order valence-corrected chi connectivity index (χ3v) is 3.40. The summed E-state index contributed by atoms with van der Waals surface area (Å²) >= 11 is 0. The number of anilines is 1. The fraction of sp³-hybridized carbons (Fsp3) is 0.643. The lowest BCUT2D eigenvalue weighted by molar-refractivity contribution is -0.120. The van der Waals surface area contributed by atoms with Crippen LogP contribution in [-0.2, 0) is 11.8 Å². The lowest BCUT2D eigenvalue weighted by atomic mass is 10.2. The summed E-state index contributed by atoms with van der Waals surface area (Å²) in [6, 6.07) is 0. The average Bonchev–Trinajstić information content (AvgIpc) is 2.85. The molecule has 1 amide bonds. The van der Waals surface area contributed by atoms with Crippen LogP contribution < -0.4 is 10.2 Å². The van der Waals surface area contributed by atoms with Crippen LogP contribution in [0.2, 0.25) is 0 Å².